The molecule has 1 fully saturated rings. The highest BCUT2D eigenvalue weighted by molar-refractivity contribution is 7.92. The van der Waals surface area contributed by atoms with E-state index in [1.807, 2.05) is 24.0 Å². The highest BCUT2D eigenvalue weighted by Gasteiger charge is 2.25. The summed E-state index contributed by atoms with van der Waals surface area (Å²) in [5, 5.41) is 6.42. The van der Waals surface area contributed by atoms with Gasteiger partial charge in [-0.15, -0.1) is 0 Å². The minimum absolute atomic E-state index is 0.0160. The first-order chi connectivity index (χ1) is 16.7. The molecule has 1 aliphatic heterocycles. The summed E-state index contributed by atoms with van der Waals surface area (Å²) in [4.78, 5) is 28.9. The standard InChI is InChI=1S/C24H27N5O5S/c1-17-6-8-20(9-7-17)27-35(32,33)21-5-3-4-19(15-21)24(31)29-12-10-28(11-13-29)16-23(30)25-22-14-18(2)34-26-22/h3-9,14-15,27H,10-13,16H2,1-2H3,(H,25,26,30). The Morgan fingerprint density at radius 3 is 2.37 bits per heavy atom. The van der Waals surface area contributed by atoms with Crippen LogP contribution in [0.2, 0.25) is 0 Å². The van der Waals surface area contributed by atoms with Crippen LogP contribution in [0.3, 0.4) is 0 Å². The Labute approximate surface area is 203 Å². The number of rotatable bonds is 7. The number of sulfonamides is 1. The van der Waals surface area contributed by atoms with Crippen molar-refractivity contribution < 1.29 is 22.5 Å². The van der Waals surface area contributed by atoms with Crippen LogP contribution in [-0.2, 0) is 14.8 Å². The molecule has 0 radical (unpaired) electrons. The number of amides is 2. The minimum atomic E-state index is -3.84. The third kappa shape index (κ3) is 6.25. The molecule has 1 saturated heterocycles. The van der Waals surface area contributed by atoms with E-state index >= 15 is 0 Å². The maximum atomic E-state index is 13.0. The van der Waals surface area contributed by atoms with Gasteiger partial charge in [-0.05, 0) is 44.2 Å². The lowest BCUT2D eigenvalue weighted by atomic mass is 10.2. The van der Waals surface area contributed by atoms with Crippen molar-refractivity contribution in [1.29, 1.82) is 0 Å². The third-order valence-corrected chi connectivity index (χ3v) is 7.00. The molecule has 3 aromatic rings. The lowest BCUT2D eigenvalue weighted by Gasteiger charge is -2.34. The molecular formula is C24H27N5O5S. The molecule has 0 aliphatic carbocycles. The summed E-state index contributed by atoms with van der Waals surface area (Å²) in [5.74, 6) is 0.514. The Morgan fingerprint density at radius 2 is 1.71 bits per heavy atom. The van der Waals surface area contributed by atoms with Crippen LogP contribution in [0.15, 0.2) is 64.0 Å². The zero-order valence-electron chi connectivity index (χ0n) is 19.5. The summed E-state index contributed by atoms with van der Waals surface area (Å²) in [6.07, 6.45) is 0. The van der Waals surface area contributed by atoms with Crippen molar-refractivity contribution in [3.63, 3.8) is 0 Å². The van der Waals surface area contributed by atoms with E-state index in [2.05, 4.69) is 15.2 Å². The minimum Gasteiger partial charge on any atom is -0.360 e. The van der Waals surface area contributed by atoms with Crippen molar-refractivity contribution in [1.82, 2.24) is 15.0 Å². The number of carbonyl (C=O) groups excluding carboxylic acids is 2. The second-order valence-corrected chi connectivity index (χ2v) is 10.1. The molecule has 2 N–H and O–H groups in total. The molecule has 2 aromatic carbocycles. The first-order valence-corrected chi connectivity index (χ1v) is 12.6. The predicted octanol–water partition coefficient (Wildman–Crippen LogP) is 2.49. The molecule has 11 heteroatoms. The van der Waals surface area contributed by atoms with Gasteiger partial charge >= 0.3 is 0 Å². The molecule has 1 aromatic heterocycles. The van der Waals surface area contributed by atoms with Crippen LogP contribution in [0.25, 0.3) is 0 Å². The van der Waals surface area contributed by atoms with E-state index in [1.165, 1.54) is 12.1 Å². The molecule has 0 unspecified atom stereocenters. The molecule has 0 saturated carbocycles. The van der Waals surface area contributed by atoms with Crippen LogP contribution in [0, 0.1) is 13.8 Å². The van der Waals surface area contributed by atoms with Gasteiger partial charge in [0.25, 0.3) is 15.9 Å². The van der Waals surface area contributed by atoms with Crippen molar-refractivity contribution in [2.45, 2.75) is 18.7 Å². The molecule has 4 rings (SSSR count). The van der Waals surface area contributed by atoms with E-state index in [-0.39, 0.29) is 23.3 Å². The molecule has 0 atom stereocenters. The molecule has 0 bridgehead atoms. The fourth-order valence-corrected chi connectivity index (χ4v) is 4.84. The highest BCUT2D eigenvalue weighted by atomic mass is 32.2. The van der Waals surface area contributed by atoms with E-state index in [0.717, 1.165) is 5.56 Å². The van der Waals surface area contributed by atoms with Gasteiger partial charge in [0.2, 0.25) is 5.91 Å². The van der Waals surface area contributed by atoms with Crippen molar-refractivity contribution >= 4 is 33.3 Å². The van der Waals surface area contributed by atoms with Gasteiger partial charge in [0.15, 0.2) is 5.82 Å². The summed E-state index contributed by atoms with van der Waals surface area (Å²) >= 11 is 0. The summed E-state index contributed by atoms with van der Waals surface area (Å²) < 4.78 is 33.1. The average Bonchev–Trinajstić information content (AvgIpc) is 3.24. The Morgan fingerprint density at radius 1 is 1.00 bits per heavy atom. The Bertz CT molecular complexity index is 1310. The number of aromatic nitrogens is 1. The van der Waals surface area contributed by atoms with Crippen molar-refractivity contribution in [3.05, 3.63) is 71.5 Å². The van der Waals surface area contributed by atoms with Gasteiger partial charge in [0, 0.05) is 43.5 Å². The molecule has 2 heterocycles. The van der Waals surface area contributed by atoms with Crippen LogP contribution < -0.4 is 10.0 Å². The fourth-order valence-electron chi connectivity index (χ4n) is 3.73. The number of anilines is 2. The van der Waals surface area contributed by atoms with Gasteiger partial charge in [-0.25, -0.2) is 8.42 Å². The van der Waals surface area contributed by atoms with Crippen LogP contribution in [0.4, 0.5) is 11.5 Å². The van der Waals surface area contributed by atoms with E-state index < -0.39 is 10.0 Å². The normalized spacial score (nSPS) is 14.5. The topological polar surface area (TPSA) is 125 Å². The number of benzene rings is 2. The van der Waals surface area contributed by atoms with Gasteiger partial charge in [0.1, 0.15) is 5.76 Å². The maximum absolute atomic E-state index is 13.0. The lowest BCUT2D eigenvalue weighted by Crippen LogP contribution is -2.50. The number of carbonyl (C=O) groups is 2. The Balaban J connectivity index is 1.34. The smallest absolute Gasteiger partial charge is 0.261 e. The van der Waals surface area contributed by atoms with Gasteiger partial charge < -0.3 is 14.7 Å². The number of hydrogen-bond acceptors (Lipinski definition) is 7. The predicted molar refractivity (Wildman–Crippen MR) is 131 cm³/mol. The van der Waals surface area contributed by atoms with E-state index in [0.29, 0.717) is 49.0 Å². The zero-order chi connectivity index (χ0) is 25.0. The van der Waals surface area contributed by atoms with Crippen molar-refractivity contribution in [2.75, 3.05) is 42.8 Å². The summed E-state index contributed by atoms with van der Waals surface area (Å²) in [6.45, 7) is 5.72. The molecule has 35 heavy (non-hydrogen) atoms. The zero-order valence-corrected chi connectivity index (χ0v) is 20.3. The quantitative estimate of drug-likeness (QED) is 0.514. The lowest BCUT2D eigenvalue weighted by molar-refractivity contribution is -0.117. The molecule has 0 spiro atoms. The van der Waals surface area contributed by atoms with E-state index in [4.69, 9.17) is 4.52 Å². The maximum Gasteiger partial charge on any atom is 0.261 e. The summed E-state index contributed by atoms with van der Waals surface area (Å²) in [5.41, 5.74) is 1.77. The van der Waals surface area contributed by atoms with Crippen LogP contribution in [0.5, 0.6) is 0 Å². The first-order valence-electron chi connectivity index (χ1n) is 11.1. The molecule has 184 valence electrons. The number of hydrogen-bond donors (Lipinski definition) is 2. The first kappa shape index (κ1) is 24.4. The van der Waals surface area contributed by atoms with Crippen LogP contribution in [0.1, 0.15) is 21.7 Å². The summed E-state index contributed by atoms with van der Waals surface area (Å²) in [6, 6.07) is 14.7. The number of nitrogens with zero attached hydrogens (tertiary/aromatic N) is 3. The fraction of sp³-hybridized carbons (Fsp3) is 0.292. The largest absolute Gasteiger partial charge is 0.360 e. The molecule has 2 amide bonds. The molecular weight excluding hydrogens is 470 g/mol. The Hall–Kier alpha value is -3.70. The summed E-state index contributed by atoms with van der Waals surface area (Å²) in [7, 11) is -3.84. The average molecular weight is 498 g/mol. The number of aryl methyl sites for hydroxylation is 2. The second kappa shape index (κ2) is 10.3. The molecule has 10 nitrogen and oxygen atoms in total. The Kier molecular flexibility index (Phi) is 7.17. The van der Waals surface area contributed by atoms with Gasteiger partial charge in [-0.3, -0.25) is 19.2 Å². The van der Waals surface area contributed by atoms with Crippen molar-refractivity contribution in [2.24, 2.45) is 0 Å². The van der Waals surface area contributed by atoms with Crippen molar-refractivity contribution in [3.8, 4) is 0 Å². The highest BCUT2D eigenvalue weighted by Crippen LogP contribution is 2.19. The second-order valence-electron chi connectivity index (χ2n) is 8.44. The SMILES string of the molecule is Cc1ccc(NS(=O)(=O)c2cccc(C(=O)N3CCN(CC(=O)Nc4cc(C)on4)CC3)c2)cc1. The monoisotopic (exact) mass is 497 g/mol. The van der Waals surface area contributed by atoms with Gasteiger partial charge in [0.05, 0.1) is 11.4 Å². The van der Waals surface area contributed by atoms with Crippen LogP contribution >= 0.6 is 0 Å². The number of nitrogens with one attached hydrogen (secondary N) is 2. The van der Waals surface area contributed by atoms with Gasteiger partial charge in [-0.1, -0.05) is 28.9 Å². The third-order valence-electron chi connectivity index (χ3n) is 5.62. The number of piperazine rings is 1. The molecule has 1 aliphatic rings. The van der Waals surface area contributed by atoms with Crippen LogP contribution in [-0.4, -0.2) is 67.9 Å². The van der Waals surface area contributed by atoms with E-state index in [1.54, 1.807) is 42.2 Å². The van der Waals surface area contributed by atoms with E-state index in [9.17, 15) is 18.0 Å². The van der Waals surface area contributed by atoms with Gasteiger partial charge in [-0.2, -0.15) is 0 Å².